The van der Waals surface area contributed by atoms with Gasteiger partial charge in [-0.3, -0.25) is 4.79 Å². The normalized spacial score (nSPS) is 16.8. The number of amides is 1. The Labute approximate surface area is 119 Å². The van der Waals surface area contributed by atoms with Crippen LogP contribution >= 0.6 is 0 Å². The zero-order chi connectivity index (χ0) is 13.8. The van der Waals surface area contributed by atoms with E-state index < -0.39 is 0 Å². The van der Waals surface area contributed by atoms with Crippen molar-refractivity contribution in [3.05, 3.63) is 42.1 Å². The Bertz CT molecular complexity index is 601. The molecule has 1 aliphatic carbocycles. The zero-order valence-corrected chi connectivity index (χ0v) is 11.6. The van der Waals surface area contributed by atoms with Gasteiger partial charge >= 0.3 is 0 Å². The summed E-state index contributed by atoms with van der Waals surface area (Å²) in [5.74, 6) is -0.0392. The molecule has 104 valence electrons. The first-order valence-corrected chi connectivity index (χ1v) is 7.49. The minimum atomic E-state index is -0.0392. The van der Waals surface area contributed by atoms with E-state index in [2.05, 4.69) is 10.3 Å². The summed E-state index contributed by atoms with van der Waals surface area (Å²) in [5.41, 5.74) is 1.40. The predicted octanol–water partition coefficient (Wildman–Crippen LogP) is 3.69. The molecule has 1 amide bonds. The Morgan fingerprint density at radius 2 is 1.75 bits per heavy atom. The Kier molecular flexibility index (Phi) is 3.95. The number of nitrogens with zero attached hydrogens (tertiary/aromatic N) is 1. The maximum atomic E-state index is 12.3. The highest BCUT2D eigenvalue weighted by molar-refractivity contribution is 5.95. The van der Waals surface area contributed by atoms with Crippen LogP contribution in [0.25, 0.3) is 10.9 Å². The van der Waals surface area contributed by atoms with Crippen LogP contribution in [-0.4, -0.2) is 16.9 Å². The van der Waals surface area contributed by atoms with Crippen LogP contribution in [0.15, 0.2) is 36.4 Å². The smallest absolute Gasteiger partial charge is 0.270 e. The van der Waals surface area contributed by atoms with Crippen LogP contribution in [0.2, 0.25) is 0 Å². The van der Waals surface area contributed by atoms with E-state index in [1.165, 1.54) is 25.7 Å². The van der Waals surface area contributed by atoms with Gasteiger partial charge < -0.3 is 5.32 Å². The molecule has 2 aromatic rings. The second kappa shape index (κ2) is 6.04. The SMILES string of the molecule is O=C(NC1CCCCCC1)c1ccc2ccccc2n1. The molecular formula is C17H20N2O. The van der Waals surface area contributed by atoms with Crippen LogP contribution in [0, 0.1) is 0 Å². The zero-order valence-electron chi connectivity index (χ0n) is 11.6. The lowest BCUT2D eigenvalue weighted by Gasteiger charge is -2.15. The van der Waals surface area contributed by atoms with E-state index >= 15 is 0 Å². The topological polar surface area (TPSA) is 42.0 Å². The standard InChI is InChI=1S/C17H20N2O/c20-17(18-14-8-3-1-2-4-9-14)16-12-11-13-7-5-6-10-15(13)19-16/h5-7,10-12,14H,1-4,8-9H2,(H,18,20). The van der Waals surface area contributed by atoms with Crippen molar-refractivity contribution in [1.29, 1.82) is 0 Å². The average molecular weight is 268 g/mol. The summed E-state index contributed by atoms with van der Waals surface area (Å²) in [5, 5.41) is 4.21. The summed E-state index contributed by atoms with van der Waals surface area (Å²) < 4.78 is 0. The van der Waals surface area contributed by atoms with Crippen molar-refractivity contribution in [3.8, 4) is 0 Å². The molecule has 0 spiro atoms. The molecule has 1 heterocycles. The molecule has 1 aromatic heterocycles. The van der Waals surface area contributed by atoms with Crippen molar-refractivity contribution in [2.75, 3.05) is 0 Å². The molecule has 1 saturated carbocycles. The Morgan fingerprint density at radius 3 is 2.55 bits per heavy atom. The van der Waals surface area contributed by atoms with E-state index in [0.29, 0.717) is 11.7 Å². The highest BCUT2D eigenvalue weighted by Gasteiger charge is 2.16. The Balaban J connectivity index is 1.74. The van der Waals surface area contributed by atoms with E-state index in [9.17, 15) is 4.79 Å². The van der Waals surface area contributed by atoms with Gasteiger partial charge in [0.15, 0.2) is 0 Å². The number of para-hydroxylation sites is 1. The van der Waals surface area contributed by atoms with Crippen molar-refractivity contribution in [1.82, 2.24) is 10.3 Å². The molecule has 20 heavy (non-hydrogen) atoms. The van der Waals surface area contributed by atoms with Crippen molar-refractivity contribution in [3.63, 3.8) is 0 Å². The Morgan fingerprint density at radius 1 is 1.00 bits per heavy atom. The molecule has 1 aliphatic rings. The third-order valence-corrected chi connectivity index (χ3v) is 4.02. The van der Waals surface area contributed by atoms with E-state index in [0.717, 1.165) is 23.7 Å². The third-order valence-electron chi connectivity index (χ3n) is 4.02. The van der Waals surface area contributed by atoms with Crippen LogP contribution in [0.5, 0.6) is 0 Å². The van der Waals surface area contributed by atoms with Crippen molar-refractivity contribution in [2.45, 2.75) is 44.6 Å². The molecule has 0 radical (unpaired) electrons. The minimum Gasteiger partial charge on any atom is -0.348 e. The lowest BCUT2D eigenvalue weighted by molar-refractivity contribution is 0.0928. The number of hydrogen-bond acceptors (Lipinski definition) is 2. The van der Waals surface area contributed by atoms with E-state index in [1.807, 2.05) is 36.4 Å². The molecule has 0 bridgehead atoms. The number of carbonyl (C=O) groups is 1. The van der Waals surface area contributed by atoms with Crippen molar-refractivity contribution >= 4 is 16.8 Å². The molecular weight excluding hydrogens is 248 g/mol. The number of nitrogens with one attached hydrogen (secondary N) is 1. The lowest BCUT2D eigenvalue weighted by atomic mass is 10.1. The van der Waals surface area contributed by atoms with Gasteiger partial charge in [0.2, 0.25) is 0 Å². The quantitative estimate of drug-likeness (QED) is 0.844. The van der Waals surface area contributed by atoms with Gasteiger partial charge in [-0.25, -0.2) is 4.98 Å². The first kappa shape index (κ1) is 13.1. The molecule has 0 aliphatic heterocycles. The number of hydrogen-bond donors (Lipinski definition) is 1. The van der Waals surface area contributed by atoms with Crippen molar-refractivity contribution < 1.29 is 4.79 Å². The summed E-state index contributed by atoms with van der Waals surface area (Å²) in [6, 6.07) is 12.0. The number of benzene rings is 1. The fourth-order valence-electron chi connectivity index (χ4n) is 2.88. The Hall–Kier alpha value is -1.90. The van der Waals surface area contributed by atoms with Crippen LogP contribution in [0.3, 0.4) is 0 Å². The molecule has 3 rings (SSSR count). The van der Waals surface area contributed by atoms with Crippen LogP contribution in [0.4, 0.5) is 0 Å². The summed E-state index contributed by atoms with van der Waals surface area (Å²) >= 11 is 0. The monoisotopic (exact) mass is 268 g/mol. The third kappa shape index (κ3) is 2.98. The van der Waals surface area contributed by atoms with Crippen LogP contribution < -0.4 is 5.32 Å². The summed E-state index contributed by atoms with van der Waals surface area (Å²) in [7, 11) is 0. The molecule has 1 aromatic carbocycles. The number of pyridine rings is 1. The van der Waals surface area contributed by atoms with Gasteiger partial charge in [-0.1, -0.05) is 49.9 Å². The second-order valence-corrected chi connectivity index (χ2v) is 5.55. The number of rotatable bonds is 2. The van der Waals surface area contributed by atoms with Gasteiger partial charge in [0.1, 0.15) is 5.69 Å². The number of fused-ring (bicyclic) bond motifs is 1. The predicted molar refractivity (Wildman–Crippen MR) is 80.7 cm³/mol. The minimum absolute atomic E-state index is 0.0392. The van der Waals surface area contributed by atoms with Gasteiger partial charge in [0.05, 0.1) is 5.52 Å². The van der Waals surface area contributed by atoms with Gasteiger partial charge in [0.25, 0.3) is 5.91 Å². The number of carbonyl (C=O) groups excluding carboxylic acids is 1. The van der Waals surface area contributed by atoms with Crippen LogP contribution in [0.1, 0.15) is 49.0 Å². The molecule has 1 fully saturated rings. The first-order valence-electron chi connectivity index (χ1n) is 7.49. The highest BCUT2D eigenvalue weighted by Crippen LogP contribution is 2.18. The maximum absolute atomic E-state index is 12.3. The van der Waals surface area contributed by atoms with Gasteiger partial charge in [-0.05, 0) is 25.0 Å². The van der Waals surface area contributed by atoms with E-state index in [-0.39, 0.29) is 5.91 Å². The van der Waals surface area contributed by atoms with Gasteiger partial charge in [0, 0.05) is 11.4 Å². The number of aromatic nitrogens is 1. The average Bonchev–Trinajstić information content (AvgIpc) is 2.75. The highest BCUT2D eigenvalue weighted by atomic mass is 16.1. The molecule has 3 heteroatoms. The summed E-state index contributed by atoms with van der Waals surface area (Å²) in [4.78, 5) is 16.7. The fraction of sp³-hybridized carbons (Fsp3) is 0.412. The second-order valence-electron chi connectivity index (χ2n) is 5.55. The van der Waals surface area contributed by atoms with E-state index in [1.54, 1.807) is 0 Å². The maximum Gasteiger partial charge on any atom is 0.270 e. The molecule has 3 nitrogen and oxygen atoms in total. The lowest BCUT2D eigenvalue weighted by Crippen LogP contribution is -2.34. The summed E-state index contributed by atoms with van der Waals surface area (Å²) in [6.45, 7) is 0. The first-order chi connectivity index (χ1) is 9.83. The molecule has 0 saturated heterocycles. The van der Waals surface area contributed by atoms with Gasteiger partial charge in [-0.2, -0.15) is 0 Å². The molecule has 0 atom stereocenters. The summed E-state index contributed by atoms with van der Waals surface area (Å²) in [6.07, 6.45) is 7.21. The van der Waals surface area contributed by atoms with Gasteiger partial charge in [-0.15, -0.1) is 0 Å². The van der Waals surface area contributed by atoms with Crippen molar-refractivity contribution in [2.24, 2.45) is 0 Å². The largest absolute Gasteiger partial charge is 0.348 e. The fourth-order valence-corrected chi connectivity index (χ4v) is 2.88. The molecule has 0 unspecified atom stereocenters. The van der Waals surface area contributed by atoms with Crippen LogP contribution in [-0.2, 0) is 0 Å². The molecule has 1 N–H and O–H groups in total. The van der Waals surface area contributed by atoms with E-state index in [4.69, 9.17) is 0 Å².